The molecule has 14 nitrogen and oxygen atoms in total. The summed E-state index contributed by atoms with van der Waals surface area (Å²) in [4.78, 5) is 75.1. The standard InChI is InChI=1S/C31H33N5O9/c1-20-7-4-5-10-25(20)32-31(42)33-26-12-11-22(16-27(26)45-3)17-28(38)35(21(2)37)19-29(39)34(14-13-30(40)41)18-23-8-6-9-24(15-23)36(43)44/h4-12,15-16H,13-14,17-19H2,1-3H3,(H,40,41)(H2,32,33,42). The first-order chi connectivity index (χ1) is 21.4. The van der Waals surface area contributed by atoms with Gasteiger partial charge in [0, 0.05) is 37.8 Å². The van der Waals surface area contributed by atoms with Crippen molar-refractivity contribution < 1.29 is 38.7 Å². The SMILES string of the molecule is COc1cc(CC(=O)N(CC(=O)N(CCC(=O)O)Cc2cccc([N+](=O)[O-])c2)C(C)=O)ccc1NC(=O)Nc1ccccc1C. The number of para-hydroxylation sites is 1. The van der Waals surface area contributed by atoms with Gasteiger partial charge in [0.2, 0.25) is 17.7 Å². The molecule has 0 fully saturated rings. The van der Waals surface area contributed by atoms with E-state index in [2.05, 4.69) is 10.6 Å². The first-order valence-corrected chi connectivity index (χ1v) is 13.7. The van der Waals surface area contributed by atoms with Crippen LogP contribution in [0.3, 0.4) is 0 Å². The van der Waals surface area contributed by atoms with Gasteiger partial charge in [-0.25, -0.2) is 4.79 Å². The zero-order valence-corrected chi connectivity index (χ0v) is 24.9. The van der Waals surface area contributed by atoms with Gasteiger partial charge in [-0.3, -0.25) is 34.2 Å². The number of carboxylic acid groups (broad SMARTS) is 1. The summed E-state index contributed by atoms with van der Waals surface area (Å²) < 4.78 is 5.39. The van der Waals surface area contributed by atoms with Gasteiger partial charge >= 0.3 is 12.0 Å². The third-order valence-corrected chi connectivity index (χ3v) is 6.68. The fraction of sp³-hybridized carbons (Fsp3) is 0.258. The maximum Gasteiger partial charge on any atom is 0.323 e. The van der Waals surface area contributed by atoms with Gasteiger partial charge in [-0.1, -0.05) is 36.4 Å². The molecule has 0 radical (unpaired) electrons. The third-order valence-electron chi connectivity index (χ3n) is 6.68. The van der Waals surface area contributed by atoms with Crippen molar-refractivity contribution >= 4 is 46.8 Å². The van der Waals surface area contributed by atoms with Crippen molar-refractivity contribution in [1.82, 2.24) is 9.80 Å². The highest BCUT2D eigenvalue weighted by Crippen LogP contribution is 2.27. The Kier molecular flexibility index (Phi) is 11.7. The zero-order valence-electron chi connectivity index (χ0n) is 24.9. The van der Waals surface area contributed by atoms with Crippen LogP contribution in [-0.4, -0.2) is 69.8 Å². The average molecular weight is 620 g/mol. The lowest BCUT2D eigenvalue weighted by Crippen LogP contribution is -2.45. The van der Waals surface area contributed by atoms with E-state index in [4.69, 9.17) is 9.84 Å². The number of carbonyl (C=O) groups excluding carboxylic acids is 4. The van der Waals surface area contributed by atoms with Crippen LogP contribution in [0.25, 0.3) is 0 Å². The maximum atomic E-state index is 13.2. The van der Waals surface area contributed by atoms with Gasteiger partial charge in [-0.05, 0) is 41.8 Å². The number of carboxylic acids is 1. The number of hydrogen-bond donors (Lipinski definition) is 3. The van der Waals surface area contributed by atoms with Gasteiger partial charge in [0.15, 0.2) is 0 Å². The van der Waals surface area contributed by atoms with E-state index in [0.29, 0.717) is 22.5 Å². The molecule has 0 aromatic heterocycles. The minimum Gasteiger partial charge on any atom is -0.495 e. The van der Waals surface area contributed by atoms with Crippen LogP contribution >= 0.6 is 0 Å². The number of nitrogens with one attached hydrogen (secondary N) is 2. The number of non-ortho nitro benzene ring substituents is 1. The number of aryl methyl sites for hydroxylation is 1. The number of nitrogens with zero attached hydrogens (tertiary/aromatic N) is 3. The Morgan fingerprint density at radius 3 is 2.27 bits per heavy atom. The van der Waals surface area contributed by atoms with Gasteiger partial charge < -0.3 is 25.4 Å². The van der Waals surface area contributed by atoms with E-state index in [-0.39, 0.29) is 30.9 Å². The van der Waals surface area contributed by atoms with Crippen molar-refractivity contribution in [2.75, 3.05) is 30.8 Å². The highest BCUT2D eigenvalue weighted by Gasteiger charge is 2.26. The number of rotatable bonds is 13. The lowest BCUT2D eigenvalue weighted by Gasteiger charge is -2.26. The summed E-state index contributed by atoms with van der Waals surface area (Å²) in [6.07, 6.45) is -0.712. The number of nitro benzene ring substituents is 1. The number of ether oxygens (including phenoxy) is 1. The first-order valence-electron chi connectivity index (χ1n) is 13.7. The van der Waals surface area contributed by atoms with Gasteiger partial charge in [0.25, 0.3) is 5.69 Å². The molecular formula is C31H33N5O9. The van der Waals surface area contributed by atoms with Gasteiger partial charge in [0.05, 0.1) is 30.6 Å². The van der Waals surface area contributed by atoms with Crippen LogP contribution in [0.4, 0.5) is 21.9 Å². The molecule has 0 bridgehead atoms. The summed E-state index contributed by atoms with van der Waals surface area (Å²) in [5.74, 6) is -3.05. The topological polar surface area (TPSA) is 188 Å². The molecule has 5 amide bonds. The molecule has 0 aliphatic heterocycles. The van der Waals surface area contributed by atoms with Crippen LogP contribution in [0.2, 0.25) is 0 Å². The smallest absolute Gasteiger partial charge is 0.323 e. The molecule has 0 aliphatic rings. The van der Waals surface area contributed by atoms with Crippen LogP contribution in [0.15, 0.2) is 66.7 Å². The van der Waals surface area contributed by atoms with E-state index in [1.54, 1.807) is 24.3 Å². The maximum absolute atomic E-state index is 13.2. The molecule has 14 heteroatoms. The number of hydrogen-bond acceptors (Lipinski definition) is 8. The Hall–Kier alpha value is -5.79. The molecule has 0 saturated heterocycles. The number of benzene rings is 3. The van der Waals surface area contributed by atoms with Crippen molar-refractivity contribution in [3.63, 3.8) is 0 Å². The number of urea groups is 1. The summed E-state index contributed by atoms with van der Waals surface area (Å²) in [7, 11) is 1.39. The number of anilines is 2. The van der Waals surface area contributed by atoms with Gasteiger partial charge in [-0.2, -0.15) is 0 Å². The molecule has 0 heterocycles. The molecule has 0 aliphatic carbocycles. The van der Waals surface area contributed by atoms with E-state index in [0.717, 1.165) is 22.3 Å². The number of carbonyl (C=O) groups is 5. The van der Waals surface area contributed by atoms with E-state index < -0.39 is 47.6 Å². The Balaban J connectivity index is 1.72. The molecule has 0 atom stereocenters. The molecule has 3 aromatic carbocycles. The zero-order chi connectivity index (χ0) is 33.1. The summed E-state index contributed by atoms with van der Waals surface area (Å²) in [6, 6.07) is 16.9. The van der Waals surface area contributed by atoms with Crippen molar-refractivity contribution in [2.24, 2.45) is 0 Å². The highest BCUT2D eigenvalue weighted by molar-refractivity contribution is 6.01. The third kappa shape index (κ3) is 9.88. The van der Waals surface area contributed by atoms with Crippen molar-refractivity contribution in [3.8, 4) is 5.75 Å². The number of methoxy groups -OCH3 is 1. The fourth-order valence-corrected chi connectivity index (χ4v) is 4.33. The second-order valence-electron chi connectivity index (χ2n) is 9.99. The monoisotopic (exact) mass is 619 g/mol. The van der Waals surface area contributed by atoms with Crippen LogP contribution in [0, 0.1) is 17.0 Å². The van der Waals surface area contributed by atoms with Crippen LogP contribution < -0.4 is 15.4 Å². The normalized spacial score (nSPS) is 10.4. The lowest BCUT2D eigenvalue weighted by molar-refractivity contribution is -0.384. The number of aliphatic carboxylic acids is 1. The molecule has 3 rings (SSSR count). The fourth-order valence-electron chi connectivity index (χ4n) is 4.33. The number of nitro groups is 1. The van der Waals surface area contributed by atoms with E-state index in [1.807, 2.05) is 19.1 Å². The number of amides is 5. The second-order valence-corrected chi connectivity index (χ2v) is 9.99. The Labute approximate surface area is 258 Å². The molecular weight excluding hydrogens is 586 g/mol. The van der Waals surface area contributed by atoms with Gasteiger partial charge in [-0.15, -0.1) is 0 Å². The lowest BCUT2D eigenvalue weighted by atomic mass is 10.1. The van der Waals surface area contributed by atoms with Crippen LogP contribution in [0.5, 0.6) is 5.75 Å². The summed E-state index contributed by atoms with van der Waals surface area (Å²) in [6.45, 7) is 1.88. The Bertz CT molecular complexity index is 1610. The molecule has 3 N–H and O–H groups in total. The van der Waals surface area contributed by atoms with Crippen molar-refractivity contribution in [3.05, 3.63) is 93.5 Å². The van der Waals surface area contributed by atoms with E-state index in [9.17, 15) is 34.1 Å². The molecule has 0 spiro atoms. The van der Waals surface area contributed by atoms with Crippen molar-refractivity contribution in [1.29, 1.82) is 0 Å². The van der Waals surface area contributed by atoms with Crippen LogP contribution in [0.1, 0.15) is 30.0 Å². The second kappa shape index (κ2) is 15.6. The van der Waals surface area contributed by atoms with Crippen molar-refractivity contribution in [2.45, 2.75) is 33.2 Å². The molecule has 0 unspecified atom stereocenters. The highest BCUT2D eigenvalue weighted by atomic mass is 16.6. The quantitative estimate of drug-likeness (QED) is 0.188. The summed E-state index contributed by atoms with van der Waals surface area (Å²) in [5, 5.41) is 25.7. The summed E-state index contributed by atoms with van der Waals surface area (Å²) in [5.41, 5.74) is 2.42. The Morgan fingerprint density at radius 1 is 0.911 bits per heavy atom. The predicted molar refractivity (Wildman–Crippen MR) is 164 cm³/mol. The average Bonchev–Trinajstić information content (AvgIpc) is 2.99. The predicted octanol–water partition coefficient (Wildman–Crippen LogP) is 3.98. The number of imide groups is 1. The first kappa shape index (κ1) is 33.7. The summed E-state index contributed by atoms with van der Waals surface area (Å²) >= 11 is 0. The molecule has 0 saturated carbocycles. The molecule has 3 aromatic rings. The van der Waals surface area contributed by atoms with E-state index >= 15 is 0 Å². The molecule has 236 valence electrons. The van der Waals surface area contributed by atoms with Gasteiger partial charge in [0.1, 0.15) is 12.3 Å². The largest absolute Gasteiger partial charge is 0.495 e. The van der Waals surface area contributed by atoms with E-state index in [1.165, 1.54) is 37.4 Å². The minimum atomic E-state index is -1.18. The Morgan fingerprint density at radius 2 is 1.62 bits per heavy atom. The van der Waals surface area contributed by atoms with Crippen LogP contribution in [-0.2, 0) is 32.1 Å². The molecule has 45 heavy (non-hydrogen) atoms. The minimum absolute atomic E-state index is 0.170.